The van der Waals surface area contributed by atoms with Crippen molar-refractivity contribution in [2.45, 2.75) is 27.7 Å². The van der Waals surface area contributed by atoms with Crippen molar-refractivity contribution in [2.24, 2.45) is 0 Å². The van der Waals surface area contributed by atoms with Crippen LogP contribution in [0, 0.1) is 27.7 Å². The Kier molecular flexibility index (Phi) is 7.06. The van der Waals surface area contributed by atoms with Crippen LogP contribution in [-0.2, 0) is 0 Å². The minimum atomic E-state index is 0.702. The topological polar surface area (TPSA) is 69.6 Å². The number of aryl methyl sites for hydroxylation is 4. The molecule has 0 N–H and O–H groups in total. The third kappa shape index (κ3) is 4.82. The Bertz CT molecular complexity index is 3720. The van der Waals surface area contributed by atoms with Crippen molar-refractivity contribution in [3.05, 3.63) is 168 Å². The minimum absolute atomic E-state index is 0.702. The fourth-order valence-corrected chi connectivity index (χ4v) is 9.63. The van der Waals surface area contributed by atoms with Crippen LogP contribution >= 0.6 is 0 Å². The molecule has 12 rings (SSSR count). The second kappa shape index (κ2) is 12.4. The Morgan fingerprint density at radius 3 is 1.63 bits per heavy atom. The Morgan fingerprint density at radius 1 is 0.441 bits per heavy atom. The van der Waals surface area contributed by atoms with Gasteiger partial charge in [-0.3, -0.25) is 13.8 Å². The molecule has 5 aromatic heterocycles. The van der Waals surface area contributed by atoms with E-state index in [4.69, 9.17) is 24.7 Å². The molecule has 59 heavy (non-hydrogen) atoms. The summed E-state index contributed by atoms with van der Waals surface area (Å²) < 4.78 is 11.3. The van der Waals surface area contributed by atoms with Gasteiger partial charge in [0.15, 0.2) is 5.65 Å². The van der Waals surface area contributed by atoms with Crippen LogP contribution in [0.4, 0.5) is 0 Å². The number of pyridine rings is 2. The Labute approximate surface area is 338 Å². The van der Waals surface area contributed by atoms with E-state index < -0.39 is 0 Å². The van der Waals surface area contributed by atoms with E-state index >= 15 is 0 Å². The highest BCUT2D eigenvalue weighted by Crippen LogP contribution is 2.46. The average molecular weight is 761 g/mol. The number of benzene rings is 7. The van der Waals surface area contributed by atoms with Crippen molar-refractivity contribution < 1.29 is 4.74 Å². The standard InChI is InChI=1S/C52H36N6O/c1-29-11-9-12-30(2)45(29)37-23-24-38(46-31(3)13-10-14-32(46)4)49-47(37)35-21-19-33(27-39(35)50-55-41-15-5-7-17-43(41)57(49)50)59-34-20-22-36-40(28-34)51-56-42-16-6-8-18-44(42)58(51)52-48(36)53-25-26-54-52/h5-28H,1-4H3. The van der Waals surface area contributed by atoms with Crippen molar-refractivity contribution in [1.29, 1.82) is 0 Å². The summed E-state index contributed by atoms with van der Waals surface area (Å²) in [5, 5.41) is 5.24. The lowest BCUT2D eigenvalue weighted by Gasteiger charge is -2.21. The second-order valence-corrected chi connectivity index (χ2v) is 15.7. The zero-order valence-corrected chi connectivity index (χ0v) is 32.9. The van der Waals surface area contributed by atoms with E-state index in [0.717, 1.165) is 77.3 Å². The number of nitrogens with zero attached hydrogens (tertiary/aromatic N) is 6. The fourth-order valence-electron chi connectivity index (χ4n) is 9.63. The summed E-state index contributed by atoms with van der Waals surface area (Å²) in [5.41, 5.74) is 18.2. The van der Waals surface area contributed by atoms with Crippen molar-refractivity contribution in [3.63, 3.8) is 0 Å². The number of hydrogen-bond donors (Lipinski definition) is 0. The molecule has 0 saturated carbocycles. The van der Waals surface area contributed by atoms with E-state index in [1.807, 2.05) is 24.3 Å². The number of hydrogen-bond acceptors (Lipinski definition) is 5. The molecule has 0 radical (unpaired) electrons. The van der Waals surface area contributed by atoms with Crippen LogP contribution in [0.2, 0.25) is 0 Å². The highest BCUT2D eigenvalue weighted by Gasteiger charge is 2.23. The van der Waals surface area contributed by atoms with E-state index in [2.05, 4.69) is 146 Å². The Hall–Kier alpha value is -7.64. The summed E-state index contributed by atoms with van der Waals surface area (Å²) in [6.45, 7) is 8.85. The van der Waals surface area contributed by atoms with Gasteiger partial charge in [-0.2, -0.15) is 0 Å². The fraction of sp³-hybridized carbons (Fsp3) is 0.0769. The molecule has 12 aromatic rings. The molecule has 0 saturated heterocycles. The summed E-state index contributed by atoms with van der Waals surface area (Å²) in [6.07, 6.45) is 3.48. The van der Waals surface area contributed by atoms with Gasteiger partial charge < -0.3 is 4.74 Å². The zero-order chi connectivity index (χ0) is 39.5. The third-order valence-corrected chi connectivity index (χ3v) is 12.1. The van der Waals surface area contributed by atoms with Crippen LogP contribution in [0.1, 0.15) is 22.3 Å². The van der Waals surface area contributed by atoms with Crippen molar-refractivity contribution in [3.8, 4) is 33.8 Å². The number of rotatable bonds is 4. The summed E-state index contributed by atoms with van der Waals surface area (Å²) in [6, 6.07) is 47.0. The number of imidazole rings is 2. The molecule has 7 heteroatoms. The largest absolute Gasteiger partial charge is 0.457 e. The molecule has 0 fully saturated rings. The first kappa shape index (κ1) is 33.5. The van der Waals surface area contributed by atoms with Gasteiger partial charge in [0.05, 0.1) is 27.6 Å². The van der Waals surface area contributed by atoms with Gasteiger partial charge in [-0.15, -0.1) is 0 Å². The highest BCUT2D eigenvalue weighted by atomic mass is 16.5. The van der Waals surface area contributed by atoms with E-state index in [0.29, 0.717) is 5.75 Å². The molecule has 0 bridgehead atoms. The molecule has 280 valence electrons. The quantitative estimate of drug-likeness (QED) is 0.167. The lowest BCUT2D eigenvalue weighted by molar-refractivity contribution is 0.484. The van der Waals surface area contributed by atoms with E-state index in [1.54, 1.807) is 12.4 Å². The lowest BCUT2D eigenvalue weighted by atomic mass is 9.86. The molecule has 7 aromatic carbocycles. The molecule has 0 aliphatic heterocycles. The third-order valence-electron chi connectivity index (χ3n) is 12.1. The normalized spacial score (nSPS) is 12.1. The van der Waals surface area contributed by atoms with Gasteiger partial charge in [-0.1, -0.05) is 72.8 Å². The molecular weight excluding hydrogens is 725 g/mol. The number of aromatic nitrogens is 6. The molecule has 0 aliphatic carbocycles. The van der Waals surface area contributed by atoms with Crippen LogP contribution in [0.3, 0.4) is 0 Å². The summed E-state index contributed by atoms with van der Waals surface area (Å²) in [7, 11) is 0. The molecule has 0 atom stereocenters. The Morgan fingerprint density at radius 2 is 0.966 bits per heavy atom. The van der Waals surface area contributed by atoms with Crippen LogP contribution in [0.15, 0.2) is 146 Å². The first-order valence-corrected chi connectivity index (χ1v) is 20.0. The molecular formula is C52H36N6O. The van der Waals surface area contributed by atoms with Gasteiger partial charge in [-0.25, -0.2) is 15.0 Å². The van der Waals surface area contributed by atoms with Gasteiger partial charge in [-0.05, 0) is 133 Å². The maximum absolute atomic E-state index is 6.83. The van der Waals surface area contributed by atoms with Crippen molar-refractivity contribution in [1.82, 2.24) is 28.7 Å². The first-order chi connectivity index (χ1) is 28.9. The molecule has 0 unspecified atom stereocenters. The summed E-state index contributed by atoms with van der Waals surface area (Å²) in [4.78, 5) is 20.0. The maximum Gasteiger partial charge on any atom is 0.165 e. The zero-order valence-electron chi connectivity index (χ0n) is 32.9. The van der Waals surface area contributed by atoms with Crippen molar-refractivity contribution in [2.75, 3.05) is 0 Å². The van der Waals surface area contributed by atoms with Crippen LogP contribution < -0.4 is 4.74 Å². The van der Waals surface area contributed by atoms with E-state index in [9.17, 15) is 0 Å². The van der Waals surface area contributed by atoms with Crippen molar-refractivity contribution >= 4 is 77.0 Å². The number of fused-ring (bicyclic) bond motifs is 16. The Balaban J connectivity index is 1.15. The van der Waals surface area contributed by atoms with Gasteiger partial charge in [0, 0.05) is 39.5 Å². The molecule has 5 heterocycles. The average Bonchev–Trinajstić information content (AvgIpc) is 3.84. The smallest absolute Gasteiger partial charge is 0.165 e. The summed E-state index contributed by atoms with van der Waals surface area (Å²) >= 11 is 0. The van der Waals surface area contributed by atoms with Gasteiger partial charge in [0.1, 0.15) is 28.3 Å². The number of para-hydroxylation sites is 4. The lowest BCUT2D eigenvalue weighted by Crippen LogP contribution is -2.00. The predicted molar refractivity (Wildman–Crippen MR) is 241 cm³/mol. The minimum Gasteiger partial charge on any atom is -0.457 e. The van der Waals surface area contributed by atoms with E-state index in [1.165, 1.54) is 49.9 Å². The highest BCUT2D eigenvalue weighted by molar-refractivity contribution is 6.22. The molecule has 7 nitrogen and oxygen atoms in total. The second-order valence-electron chi connectivity index (χ2n) is 15.7. The van der Waals surface area contributed by atoms with Crippen LogP contribution in [0.5, 0.6) is 11.5 Å². The first-order valence-electron chi connectivity index (χ1n) is 20.0. The van der Waals surface area contributed by atoms with Gasteiger partial charge >= 0.3 is 0 Å². The van der Waals surface area contributed by atoms with Gasteiger partial charge in [0.2, 0.25) is 0 Å². The molecule has 0 spiro atoms. The predicted octanol–water partition coefficient (Wildman–Crippen LogP) is 13.1. The van der Waals surface area contributed by atoms with Crippen LogP contribution in [0.25, 0.3) is 99.2 Å². The maximum atomic E-state index is 6.83. The van der Waals surface area contributed by atoms with E-state index in [-0.39, 0.29) is 0 Å². The monoisotopic (exact) mass is 760 g/mol. The summed E-state index contributed by atoms with van der Waals surface area (Å²) in [5.74, 6) is 1.42. The number of ether oxygens (including phenoxy) is 1. The molecule has 0 amide bonds. The van der Waals surface area contributed by atoms with Crippen LogP contribution in [-0.4, -0.2) is 28.7 Å². The van der Waals surface area contributed by atoms with Gasteiger partial charge in [0.25, 0.3) is 0 Å². The SMILES string of the molecule is Cc1cccc(C)c1-c1ccc(-c2c(C)cccc2C)c2c1c1ccc(Oc3ccc4c(c3)c3nc5ccccc5n3c3nccnc43)cc1c1nc3ccccc3n12. The molecule has 0 aliphatic rings.